The van der Waals surface area contributed by atoms with Crippen molar-refractivity contribution < 1.29 is 17.8 Å². The van der Waals surface area contributed by atoms with Crippen LogP contribution in [-0.2, 0) is 21.3 Å². The highest BCUT2D eigenvalue weighted by atomic mass is 32.2. The molecule has 1 aromatic carbocycles. The molecule has 23 heavy (non-hydrogen) atoms. The van der Waals surface area contributed by atoms with E-state index in [9.17, 15) is 13.2 Å². The summed E-state index contributed by atoms with van der Waals surface area (Å²) in [5.74, 6) is 1.29. The molecule has 0 bridgehead atoms. The topological polar surface area (TPSA) is 74.7 Å². The van der Waals surface area contributed by atoms with Crippen LogP contribution in [0.2, 0.25) is 0 Å². The van der Waals surface area contributed by atoms with Crippen molar-refractivity contribution in [2.24, 2.45) is 11.8 Å². The lowest BCUT2D eigenvalue weighted by Crippen LogP contribution is -2.39. The maximum atomic E-state index is 12.0. The van der Waals surface area contributed by atoms with Crippen LogP contribution in [0.25, 0.3) is 0 Å². The Morgan fingerprint density at radius 2 is 1.70 bits per heavy atom. The van der Waals surface area contributed by atoms with Crippen molar-refractivity contribution in [2.75, 3.05) is 13.1 Å². The van der Waals surface area contributed by atoms with Crippen LogP contribution < -0.4 is 0 Å². The van der Waals surface area contributed by atoms with Crippen molar-refractivity contribution in [1.82, 2.24) is 4.90 Å². The van der Waals surface area contributed by atoms with E-state index in [1.54, 1.807) is 12.1 Å². The fraction of sp³-hybridized carbons (Fsp3) is 0.588. The molecule has 1 saturated heterocycles. The second-order valence-electron chi connectivity index (χ2n) is 6.70. The van der Waals surface area contributed by atoms with Crippen LogP contribution in [0.15, 0.2) is 29.2 Å². The highest BCUT2D eigenvalue weighted by molar-refractivity contribution is 7.85. The third kappa shape index (κ3) is 4.32. The number of piperidine rings is 1. The van der Waals surface area contributed by atoms with Crippen LogP contribution >= 0.6 is 0 Å². The number of carbonyl (C=O) groups excluding carboxylic acids is 1. The summed E-state index contributed by atoms with van der Waals surface area (Å²) in [4.78, 5) is 14.0. The van der Waals surface area contributed by atoms with Gasteiger partial charge in [0.1, 0.15) is 0 Å². The quantitative estimate of drug-likeness (QED) is 0.838. The van der Waals surface area contributed by atoms with E-state index in [2.05, 4.69) is 0 Å². The molecule has 1 heterocycles. The van der Waals surface area contributed by atoms with Crippen LogP contribution in [0.4, 0.5) is 0 Å². The van der Waals surface area contributed by atoms with Gasteiger partial charge in [0, 0.05) is 19.0 Å². The van der Waals surface area contributed by atoms with Gasteiger partial charge in [-0.3, -0.25) is 9.35 Å². The van der Waals surface area contributed by atoms with E-state index >= 15 is 0 Å². The first-order chi connectivity index (χ1) is 10.9. The summed E-state index contributed by atoms with van der Waals surface area (Å²) in [7, 11) is -4.11. The molecule has 1 aliphatic heterocycles. The first-order valence-electron chi connectivity index (χ1n) is 8.29. The minimum absolute atomic E-state index is 0.0619. The van der Waals surface area contributed by atoms with E-state index in [1.165, 1.54) is 12.1 Å². The molecule has 1 saturated carbocycles. The number of rotatable bonds is 5. The van der Waals surface area contributed by atoms with Gasteiger partial charge in [-0.15, -0.1) is 0 Å². The Bertz CT molecular complexity index is 656. The summed E-state index contributed by atoms with van der Waals surface area (Å²) in [6.45, 7) is 1.75. The van der Waals surface area contributed by atoms with Gasteiger partial charge in [0.15, 0.2) is 0 Å². The lowest BCUT2D eigenvalue weighted by Gasteiger charge is -2.32. The molecule has 0 aromatic heterocycles. The highest BCUT2D eigenvalue weighted by Gasteiger charge is 2.34. The summed E-state index contributed by atoms with van der Waals surface area (Å²) in [5.41, 5.74) is 1.08. The van der Waals surface area contributed by atoms with E-state index in [1.807, 2.05) is 4.90 Å². The number of likely N-dealkylation sites (tertiary alicyclic amines) is 1. The Hall–Kier alpha value is -1.40. The van der Waals surface area contributed by atoms with Gasteiger partial charge in [0.25, 0.3) is 10.1 Å². The molecular formula is C17H23NO4S. The van der Waals surface area contributed by atoms with Crippen molar-refractivity contribution in [3.63, 3.8) is 0 Å². The summed E-state index contributed by atoms with van der Waals surface area (Å²) in [6.07, 6.45) is 6.20. The first kappa shape index (κ1) is 16.5. The molecule has 0 radical (unpaired) electrons. The maximum Gasteiger partial charge on any atom is 0.294 e. The van der Waals surface area contributed by atoms with Crippen molar-refractivity contribution in [2.45, 2.75) is 43.4 Å². The van der Waals surface area contributed by atoms with Gasteiger partial charge in [0.2, 0.25) is 5.91 Å². The van der Waals surface area contributed by atoms with E-state index in [0.29, 0.717) is 17.7 Å². The van der Waals surface area contributed by atoms with Crippen LogP contribution in [0.1, 0.15) is 37.7 Å². The molecular weight excluding hydrogens is 314 g/mol. The minimum Gasteiger partial charge on any atom is -0.342 e. The summed E-state index contributed by atoms with van der Waals surface area (Å²) in [6, 6.07) is 6.41. The predicted molar refractivity (Wildman–Crippen MR) is 86.6 cm³/mol. The number of hydrogen-bond acceptors (Lipinski definition) is 3. The molecule has 1 aromatic rings. The van der Waals surface area contributed by atoms with Gasteiger partial charge in [-0.25, -0.2) is 0 Å². The van der Waals surface area contributed by atoms with Crippen LogP contribution in [-0.4, -0.2) is 36.9 Å². The molecule has 2 aliphatic rings. The number of nitrogens with zero attached hydrogens (tertiary/aromatic N) is 1. The van der Waals surface area contributed by atoms with Crippen LogP contribution in [0.3, 0.4) is 0 Å². The Labute approximate surface area is 137 Å². The lowest BCUT2D eigenvalue weighted by atomic mass is 9.90. The average molecular weight is 337 g/mol. The summed E-state index contributed by atoms with van der Waals surface area (Å²) in [5, 5.41) is 0. The van der Waals surface area contributed by atoms with Crippen molar-refractivity contribution in [3.05, 3.63) is 29.8 Å². The molecule has 1 N–H and O–H groups in total. The third-order valence-corrected chi connectivity index (χ3v) is 5.78. The number of carbonyl (C=O) groups is 1. The zero-order chi connectivity index (χ0) is 16.4. The average Bonchev–Trinajstić information content (AvgIpc) is 3.37. The molecule has 2 fully saturated rings. The fourth-order valence-electron chi connectivity index (χ4n) is 3.23. The van der Waals surface area contributed by atoms with Crippen molar-refractivity contribution in [3.8, 4) is 0 Å². The Balaban J connectivity index is 1.45. The Morgan fingerprint density at radius 1 is 1.09 bits per heavy atom. The van der Waals surface area contributed by atoms with Gasteiger partial charge < -0.3 is 4.90 Å². The Morgan fingerprint density at radius 3 is 2.22 bits per heavy atom. The highest BCUT2D eigenvalue weighted by Crippen LogP contribution is 2.33. The third-order valence-electron chi connectivity index (χ3n) is 4.92. The van der Waals surface area contributed by atoms with Gasteiger partial charge in [0.05, 0.1) is 4.90 Å². The standard InChI is InChI=1S/C17H23NO4S/c19-17(15-5-6-15)18-11-9-14(10-12-18)2-1-13-3-7-16(8-4-13)23(20,21)22/h3-4,7-8,14-15H,1-2,5-6,9-12H2,(H,20,21,22). The van der Waals surface area contributed by atoms with Crippen LogP contribution in [0.5, 0.6) is 0 Å². The van der Waals surface area contributed by atoms with E-state index < -0.39 is 10.1 Å². The molecule has 5 nitrogen and oxygen atoms in total. The second kappa shape index (κ2) is 6.61. The molecule has 1 amide bonds. The van der Waals surface area contributed by atoms with Gasteiger partial charge in [-0.05, 0) is 62.1 Å². The number of hydrogen-bond donors (Lipinski definition) is 1. The maximum absolute atomic E-state index is 12.0. The van der Waals surface area contributed by atoms with Gasteiger partial charge in [-0.1, -0.05) is 12.1 Å². The molecule has 126 valence electrons. The minimum atomic E-state index is -4.11. The fourth-order valence-corrected chi connectivity index (χ4v) is 3.71. The molecule has 6 heteroatoms. The second-order valence-corrected chi connectivity index (χ2v) is 8.12. The first-order valence-corrected chi connectivity index (χ1v) is 9.73. The van der Waals surface area contributed by atoms with Gasteiger partial charge in [-0.2, -0.15) is 8.42 Å². The normalized spacial score (nSPS) is 19.8. The predicted octanol–water partition coefficient (Wildman–Crippen LogP) is 2.51. The largest absolute Gasteiger partial charge is 0.342 e. The molecule has 1 aliphatic carbocycles. The van der Waals surface area contributed by atoms with Crippen molar-refractivity contribution in [1.29, 1.82) is 0 Å². The zero-order valence-electron chi connectivity index (χ0n) is 13.1. The zero-order valence-corrected chi connectivity index (χ0v) is 14.0. The molecule has 0 unspecified atom stereocenters. The summed E-state index contributed by atoms with van der Waals surface area (Å²) >= 11 is 0. The molecule has 3 rings (SSSR count). The smallest absolute Gasteiger partial charge is 0.294 e. The van der Waals surface area contributed by atoms with Crippen molar-refractivity contribution >= 4 is 16.0 Å². The summed E-state index contributed by atoms with van der Waals surface area (Å²) < 4.78 is 31.0. The Kier molecular flexibility index (Phi) is 4.73. The SMILES string of the molecule is O=C(C1CC1)N1CCC(CCc2ccc(S(=O)(=O)O)cc2)CC1. The molecule has 0 atom stereocenters. The molecule has 0 spiro atoms. The van der Waals surface area contributed by atoms with E-state index in [0.717, 1.165) is 57.2 Å². The van der Waals surface area contributed by atoms with Crippen LogP contribution in [0, 0.1) is 11.8 Å². The van der Waals surface area contributed by atoms with E-state index in [-0.39, 0.29) is 4.90 Å². The monoisotopic (exact) mass is 337 g/mol. The van der Waals surface area contributed by atoms with Gasteiger partial charge >= 0.3 is 0 Å². The number of aryl methyl sites for hydroxylation is 1. The van der Waals surface area contributed by atoms with E-state index in [4.69, 9.17) is 4.55 Å². The lowest BCUT2D eigenvalue weighted by molar-refractivity contribution is -0.133. The number of amides is 1. The number of benzene rings is 1.